The third kappa shape index (κ3) is 2.90. The van der Waals surface area contributed by atoms with Crippen molar-refractivity contribution in [3.63, 3.8) is 0 Å². The van der Waals surface area contributed by atoms with E-state index in [9.17, 15) is 8.78 Å². The fraction of sp³-hybridized carbons (Fsp3) is 0.200. The molecule has 0 atom stereocenters. The zero-order valence-electron chi connectivity index (χ0n) is 10.6. The van der Waals surface area contributed by atoms with Crippen LogP contribution in [0.5, 0.6) is 5.75 Å². The zero-order chi connectivity index (χ0) is 13.8. The Kier molecular flexibility index (Phi) is 4.12. The smallest absolute Gasteiger partial charge is 0.167 e. The van der Waals surface area contributed by atoms with Crippen molar-refractivity contribution in [2.24, 2.45) is 5.73 Å². The van der Waals surface area contributed by atoms with Crippen molar-refractivity contribution in [2.45, 2.75) is 20.1 Å². The predicted molar refractivity (Wildman–Crippen MR) is 69.8 cm³/mol. The van der Waals surface area contributed by atoms with E-state index in [1.54, 1.807) is 37.3 Å². The van der Waals surface area contributed by atoms with Crippen LogP contribution in [0.4, 0.5) is 8.78 Å². The first-order valence-electron chi connectivity index (χ1n) is 5.97. The zero-order valence-corrected chi connectivity index (χ0v) is 10.6. The monoisotopic (exact) mass is 263 g/mol. The topological polar surface area (TPSA) is 35.2 Å². The van der Waals surface area contributed by atoms with Gasteiger partial charge in [0, 0.05) is 17.7 Å². The number of ether oxygens (including phenoxy) is 1. The molecule has 2 aromatic carbocycles. The standard InChI is InChI=1S/C15H15F2NO/c1-10-4-2-7-13(14(10)16)19-9-12-6-3-5-11(8-18)15(12)17/h2-7H,8-9,18H2,1H3. The molecule has 0 saturated heterocycles. The molecule has 0 amide bonds. The molecule has 0 heterocycles. The number of hydrogen-bond acceptors (Lipinski definition) is 2. The fourth-order valence-corrected chi connectivity index (χ4v) is 1.79. The van der Waals surface area contributed by atoms with Gasteiger partial charge in [-0.25, -0.2) is 8.78 Å². The maximum Gasteiger partial charge on any atom is 0.167 e. The molecule has 0 spiro atoms. The molecule has 100 valence electrons. The van der Waals surface area contributed by atoms with Gasteiger partial charge in [-0.3, -0.25) is 0 Å². The number of nitrogens with two attached hydrogens (primary N) is 1. The Balaban J connectivity index is 2.17. The Morgan fingerprint density at radius 3 is 2.42 bits per heavy atom. The highest BCUT2D eigenvalue weighted by Gasteiger charge is 2.10. The largest absolute Gasteiger partial charge is 0.486 e. The molecule has 19 heavy (non-hydrogen) atoms. The van der Waals surface area contributed by atoms with E-state index in [4.69, 9.17) is 10.5 Å². The second kappa shape index (κ2) is 5.80. The van der Waals surface area contributed by atoms with E-state index >= 15 is 0 Å². The molecule has 2 N–H and O–H groups in total. The van der Waals surface area contributed by atoms with Crippen molar-refractivity contribution in [1.82, 2.24) is 0 Å². The van der Waals surface area contributed by atoms with Gasteiger partial charge in [-0.05, 0) is 18.6 Å². The van der Waals surface area contributed by atoms with Crippen molar-refractivity contribution in [3.05, 3.63) is 64.7 Å². The average Bonchev–Trinajstić information content (AvgIpc) is 2.42. The van der Waals surface area contributed by atoms with Gasteiger partial charge in [0.05, 0.1) is 0 Å². The summed E-state index contributed by atoms with van der Waals surface area (Å²) >= 11 is 0. The first-order valence-corrected chi connectivity index (χ1v) is 5.97. The molecule has 0 aromatic heterocycles. The van der Waals surface area contributed by atoms with Gasteiger partial charge in [-0.15, -0.1) is 0 Å². The summed E-state index contributed by atoms with van der Waals surface area (Å²) in [6.07, 6.45) is 0. The van der Waals surface area contributed by atoms with Gasteiger partial charge in [0.15, 0.2) is 11.6 Å². The number of halogens is 2. The Bertz CT molecular complexity index is 584. The highest BCUT2D eigenvalue weighted by molar-refractivity contribution is 5.31. The van der Waals surface area contributed by atoms with Gasteiger partial charge < -0.3 is 10.5 Å². The lowest BCUT2D eigenvalue weighted by Gasteiger charge is -2.10. The Morgan fingerprint density at radius 2 is 1.68 bits per heavy atom. The summed E-state index contributed by atoms with van der Waals surface area (Å²) in [6.45, 7) is 1.75. The molecule has 0 aliphatic rings. The summed E-state index contributed by atoms with van der Waals surface area (Å²) in [5, 5.41) is 0. The Morgan fingerprint density at radius 1 is 1.00 bits per heavy atom. The molecular weight excluding hydrogens is 248 g/mol. The molecule has 0 unspecified atom stereocenters. The Labute approximate surface area is 110 Å². The van der Waals surface area contributed by atoms with Crippen molar-refractivity contribution in [3.8, 4) is 5.75 Å². The summed E-state index contributed by atoms with van der Waals surface area (Å²) in [4.78, 5) is 0. The highest BCUT2D eigenvalue weighted by Crippen LogP contribution is 2.22. The van der Waals surface area contributed by atoms with E-state index in [0.29, 0.717) is 16.7 Å². The van der Waals surface area contributed by atoms with E-state index in [1.807, 2.05) is 0 Å². The van der Waals surface area contributed by atoms with Crippen LogP contribution in [-0.2, 0) is 13.2 Å². The van der Waals surface area contributed by atoms with E-state index in [0.717, 1.165) is 0 Å². The molecule has 0 bridgehead atoms. The molecular formula is C15H15F2NO. The van der Waals surface area contributed by atoms with E-state index in [2.05, 4.69) is 0 Å². The summed E-state index contributed by atoms with van der Waals surface area (Å²) in [6, 6.07) is 9.79. The quantitative estimate of drug-likeness (QED) is 0.918. The summed E-state index contributed by atoms with van der Waals surface area (Å²) in [7, 11) is 0. The highest BCUT2D eigenvalue weighted by atomic mass is 19.1. The third-order valence-electron chi connectivity index (χ3n) is 2.92. The lowest BCUT2D eigenvalue weighted by Crippen LogP contribution is -2.05. The third-order valence-corrected chi connectivity index (χ3v) is 2.92. The van der Waals surface area contributed by atoms with Crippen LogP contribution in [-0.4, -0.2) is 0 Å². The number of rotatable bonds is 4. The Hall–Kier alpha value is -1.94. The SMILES string of the molecule is Cc1cccc(OCc2cccc(CN)c2F)c1F. The van der Waals surface area contributed by atoms with Gasteiger partial charge in [-0.2, -0.15) is 0 Å². The van der Waals surface area contributed by atoms with Gasteiger partial charge in [-0.1, -0.05) is 30.3 Å². The molecule has 4 heteroatoms. The van der Waals surface area contributed by atoms with Crippen LogP contribution < -0.4 is 10.5 Å². The van der Waals surface area contributed by atoms with E-state index in [-0.39, 0.29) is 18.9 Å². The number of hydrogen-bond donors (Lipinski definition) is 1. The van der Waals surface area contributed by atoms with Gasteiger partial charge >= 0.3 is 0 Å². The van der Waals surface area contributed by atoms with Gasteiger partial charge in [0.2, 0.25) is 0 Å². The maximum absolute atomic E-state index is 13.9. The molecule has 0 saturated carbocycles. The molecule has 0 aliphatic heterocycles. The molecule has 2 aromatic rings. The molecule has 0 radical (unpaired) electrons. The molecule has 2 rings (SSSR count). The summed E-state index contributed by atoms with van der Waals surface area (Å²) in [5.41, 5.74) is 6.71. The first-order chi connectivity index (χ1) is 9.13. The van der Waals surface area contributed by atoms with Crippen molar-refractivity contribution < 1.29 is 13.5 Å². The average molecular weight is 263 g/mol. The minimum Gasteiger partial charge on any atom is -0.486 e. The van der Waals surface area contributed by atoms with Crippen LogP contribution >= 0.6 is 0 Å². The van der Waals surface area contributed by atoms with Crippen LogP contribution in [0, 0.1) is 18.6 Å². The lowest BCUT2D eigenvalue weighted by atomic mass is 10.1. The molecule has 0 fully saturated rings. The van der Waals surface area contributed by atoms with E-state index in [1.165, 1.54) is 6.07 Å². The second-order valence-electron chi connectivity index (χ2n) is 4.27. The van der Waals surface area contributed by atoms with Crippen molar-refractivity contribution in [1.29, 1.82) is 0 Å². The molecule has 2 nitrogen and oxygen atoms in total. The lowest BCUT2D eigenvalue weighted by molar-refractivity contribution is 0.284. The van der Waals surface area contributed by atoms with Crippen LogP contribution in [0.15, 0.2) is 36.4 Å². The molecule has 0 aliphatic carbocycles. The summed E-state index contributed by atoms with van der Waals surface area (Å²) in [5.74, 6) is -0.687. The minimum atomic E-state index is -0.419. The second-order valence-corrected chi connectivity index (χ2v) is 4.27. The van der Waals surface area contributed by atoms with Crippen LogP contribution in [0.2, 0.25) is 0 Å². The van der Waals surface area contributed by atoms with Gasteiger partial charge in [0.25, 0.3) is 0 Å². The maximum atomic E-state index is 13.9. The van der Waals surface area contributed by atoms with Crippen LogP contribution in [0.3, 0.4) is 0 Å². The first kappa shape index (κ1) is 13.5. The van der Waals surface area contributed by atoms with Crippen LogP contribution in [0.1, 0.15) is 16.7 Å². The summed E-state index contributed by atoms with van der Waals surface area (Å²) < 4.78 is 32.9. The predicted octanol–water partition coefficient (Wildman–Crippen LogP) is 3.31. The van der Waals surface area contributed by atoms with Crippen molar-refractivity contribution in [2.75, 3.05) is 0 Å². The minimum absolute atomic E-state index is 0.0277. The fourth-order valence-electron chi connectivity index (χ4n) is 1.79. The van der Waals surface area contributed by atoms with Gasteiger partial charge in [0.1, 0.15) is 12.4 Å². The van der Waals surface area contributed by atoms with E-state index < -0.39 is 11.6 Å². The number of benzene rings is 2. The van der Waals surface area contributed by atoms with Crippen LogP contribution in [0.25, 0.3) is 0 Å². The normalized spacial score (nSPS) is 10.5. The van der Waals surface area contributed by atoms with Crippen molar-refractivity contribution >= 4 is 0 Å². The number of aryl methyl sites for hydroxylation is 1.